The standard InChI is InChI=1S/C16H23NO4/c1-10(9-13(17)14(18)19)11-7-5-6-8-12(11)15(20)21-16(2,3)4/h5-8,10,13H,9,17H2,1-4H3,(H,18,19)/t10?,13-/m0/s1. The quantitative estimate of drug-likeness (QED) is 0.814. The first-order valence-corrected chi connectivity index (χ1v) is 6.92. The largest absolute Gasteiger partial charge is 0.480 e. The molecule has 0 fully saturated rings. The van der Waals surface area contributed by atoms with Crippen molar-refractivity contribution in [2.24, 2.45) is 5.73 Å². The number of benzene rings is 1. The third kappa shape index (κ3) is 5.19. The second kappa shape index (κ2) is 6.72. The number of carboxylic acid groups (broad SMARTS) is 1. The molecule has 21 heavy (non-hydrogen) atoms. The Bertz CT molecular complexity index is 519. The molecule has 0 saturated carbocycles. The molecule has 5 nitrogen and oxygen atoms in total. The summed E-state index contributed by atoms with van der Waals surface area (Å²) in [5.41, 5.74) is 6.20. The van der Waals surface area contributed by atoms with Crippen LogP contribution >= 0.6 is 0 Å². The number of carbonyl (C=O) groups is 2. The monoisotopic (exact) mass is 293 g/mol. The molecule has 116 valence electrons. The molecule has 0 aliphatic carbocycles. The van der Waals surface area contributed by atoms with Crippen LogP contribution in [0.25, 0.3) is 0 Å². The van der Waals surface area contributed by atoms with Gasteiger partial charge in [-0.25, -0.2) is 4.79 Å². The molecule has 0 bridgehead atoms. The van der Waals surface area contributed by atoms with Gasteiger partial charge in [-0.15, -0.1) is 0 Å². The molecule has 1 unspecified atom stereocenters. The Morgan fingerprint density at radius 1 is 1.29 bits per heavy atom. The Labute approximate surface area is 125 Å². The van der Waals surface area contributed by atoms with E-state index in [1.807, 2.05) is 13.0 Å². The van der Waals surface area contributed by atoms with E-state index < -0.39 is 23.6 Å². The van der Waals surface area contributed by atoms with E-state index in [0.29, 0.717) is 5.56 Å². The van der Waals surface area contributed by atoms with Gasteiger partial charge in [-0.3, -0.25) is 4.79 Å². The molecule has 0 saturated heterocycles. The van der Waals surface area contributed by atoms with Crippen LogP contribution in [0.5, 0.6) is 0 Å². The molecule has 0 aliphatic heterocycles. The van der Waals surface area contributed by atoms with Crippen LogP contribution in [0, 0.1) is 0 Å². The van der Waals surface area contributed by atoms with E-state index in [9.17, 15) is 9.59 Å². The number of ether oxygens (including phenoxy) is 1. The minimum Gasteiger partial charge on any atom is -0.480 e. The molecule has 5 heteroatoms. The van der Waals surface area contributed by atoms with Crippen molar-refractivity contribution in [1.82, 2.24) is 0 Å². The van der Waals surface area contributed by atoms with E-state index in [0.717, 1.165) is 5.56 Å². The fourth-order valence-electron chi connectivity index (χ4n) is 2.05. The number of rotatable bonds is 5. The maximum atomic E-state index is 12.2. The van der Waals surface area contributed by atoms with Gasteiger partial charge in [0.25, 0.3) is 0 Å². The van der Waals surface area contributed by atoms with Gasteiger partial charge in [0.1, 0.15) is 11.6 Å². The first-order chi connectivity index (χ1) is 9.61. The molecule has 3 N–H and O–H groups in total. The van der Waals surface area contributed by atoms with E-state index in [2.05, 4.69) is 0 Å². The highest BCUT2D eigenvalue weighted by Gasteiger charge is 2.24. The van der Waals surface area contributed by atoms with Crippen LogP contribution in [0.15, 0.2) is 24.3 Å². The topological polar surface area (TPSA) is 89.6 Å². The summed E-state index contributed by atoms with van der Waals surface area (Å²) in [6.07, 6.45) is 0.259. The summed E-state index contributed by atoms with van der Waals surface area (Å²) < 4.78 is 5.38. The maximum Gasteiger partial charge on any atom is 0.338 e. The van der Waals surface area contributed by atoms with Gasteiger partial charge in [0.2, 0.25) is 0 Å². The fourth-order valence-corrected chi connectivity index (χ4v) is 2.05. The van der Waals surface area contributed by atoms with Crippen LogP contribution in [0.3, 0.4) is 0 Å². The summed E-state index contributed by atoms with van der Waals surface area (Å²) in [7, 11) is 0. The number of aliphatic carboxylic acids is 1. The first-order valence-electron chi connectivity index (χ1n) is 6.92. The zero-order valence-corrected chi connectivity index (χ0v) is 12.9. The highest BCUT2D eigenvalue weighted by molar-refractivity contribution is 5.91. The summed E-state index contributed by atoms with van der Waals surface area (Å²) in [6, 6.07) is 6.11. The second-order valence-corrected chi connectivity index (χ2v) is 6.17. The molecule has 1 aromatic carbocycles. The second-order valence-electron chi connectivity index (χ2n) is 6.17. The van der Waals surface area contributed by atoms with Gasteiger partial charge >= 0.3 is 11.9 Å². The van der Waals surface area contributed by atoms with Crippen molar-refractivity contribution in [3.63, 3.8) is 0 Å². The predicted octanol–water partition coefficient (Wildman–Crippen LogP) is 2.55. The summed E-state index contributed by atoms with van der Waals surface area (Å²) in [6.45, 7) is 7.26. The van der Waals surface area contributed by atoms with Crippen LogP contribution in [0.1, 0.15) is 56.0 Å². The number of carbonyl (C=O) groups excluding carboxylic acids is 1. The van der Waals surface area contributed by atoms with E-state index in [1.54, 1.807) is 39.0 Å². The number of carboxylic acids is 1. The summed E-state index contributed by atoms with van der Waals surface area (Å²) >= 11 is 0. The minimum atomic E-state index is -1.04. The maximum absolute atomic E-state index is 12.2. The lowest BCUT2D eigenvalue weighted by Crippen LogP contribution is -2.32. The number of esters is 1. The Morgan fingerprint density at radius 3 is 2.38 bits per heavy atom. The predicted molar refractivity (Wildman–Crippen MR) is 80.3 cm³/mol. The van der Waals surface area contributed by atoms with Crippen LogP contribution in [-0.4, -0.2) is 28.7 Å². The van der Waals surface area contributed by atoms with E-state index in [4.69, 9.17) is 15.6 Å². The molecule has 0 spiro atoms. The van der Waals surface area contributed by atoms with Crippen molar-refractivity contribution in [1.29, 1.82) is 0 Å². The molecule has 0 aliphatic rings. The van der Waals surface area contributed by atoms with E-state index >= 15 is 0 Å². The summed E-state index contributed by atoms with van der Waals surface area (Å²) in [5.74, 6) is -1.61. The lowest BCUT2D eigenvalue weighted by Gasteiger charge is -2.22. The molecule has 0 heterocycles. The van der Waals surface area contributed by atoms with Crippen molar-refractivity contribution in [2.45, 2.75) is 51.7 Å². The van der Waals surface area contributed by atoms with Crippen molar-refractivity contribution in [3.05, 3.63) is 35.4 Å². The van der Waals surface area contributed by atoms with Gasteiger partial charge in [-0.2, -0.15) is 0 Å². The number of nitrogens with two attached hydrogens (primary N) is 1. The van der Waals surface area contributed by atoms with E-state index in [1.165, 1.54) is 0 Å². The molecule has 0 radical (unpaired) electrons. The summed E-state index contributed by atoms with van der Waals surface area (Å²) in [5, 5.41) is 8.89. The fraction of sp³-hybridized carbons (Fsp3) is 0.500. The Kier molecular flexibility index (Phi) is 5.49. The van der Waals surface area contributed by atoms with Gasteiger partial charge in [-0.05, 0) is 44.7 Å². The molecule has 1 rings (SSSR count). The highest BCUT2D eigenvalue weighted by Crippen LogP contribution is 2.25. The van der Waals surface area contributed by atoms with Gasteiger partial charge in [0.15, 0.2) is 0 Å². The lowest BCUT2D eigenvalue weighted by atomic mass is 9.90. The van der Waals surface area contributed by atoms with Crippen molar-refractivity contribution < 1.29 is 19.4 Å². The SMILES string of the molecule is CC(C[C@H](N)C(=O)O)c1ccccc1C(=O)OC(C)(C)C. The van der Waals surface area contributed by atoms with Crippen molar-refractivity contribution in [3.8, 4) is 0 Å². The van der Waals surface area contributed by atoms with Gasteiger partial charge in [0, 0.05) is 0 Å². The minimum absolute atomic E-state index is 0.153. The number of hydrogen-bond donors (Lipinski definition) is 2. The Hall–Kier alpha value is -1.88. The highest BCUT2D eigenvalue weighted by atomic mass is 16.6. The van der Waals surface area contributed by atoms with Gasteiger partial charge in [-0.1, -0.05) is 25.1 Å². The third-order valence-electron chi connectivity index (χ3n) is 3.04. The Morgan fingerprint density at radius 2 is 1.86 bits per heavy atom. The summed E-state index contributed by atoms with van der Waals surface area (Å²) in [4.78, 5) is 23.1. The van der Waals surface area contributed by atoms with Crippen molar-refractivity contribution in [2.75, 3.05) is 0 Å². The molecule has 2 atom stereocenters. The van der Waals surface area contributed by atoms with Gasteiger partial charge < -0.3 is 15.6 Å². The van der Waals surface area contributed by atoms with Gasteiger partial charge in [0.05, 0.1) is 5.56 Å². The molecule has 1 aromatic rings. The normalized spacial score (nSPS) is 14.3. The van der Waals surface area contributed by atoms with Crippen LogP contribution in [0.4, 0.5) is 0 Å². The van der Waals surface area contributed by atoms with Crippen LogP contribution in [-0.2, 0) is 9.53 Å². The number of hydrogen-bond acceptors (Lipinski definition) is 4. The third-order valence-corrected chi connectivity index (χ3v) is 3.04. The molecule has 0 amide bonds. The van der Waals surface area contributed by atoms with Crippen LogP contribution in [0.2, 0.25) is 0 Å². The molecular weight excluding hydrogens is 270 g/mol. The zero-order valence-electron chi connectivity index (χ0n) is 12.9. The van der Waals surface area contributed by atoms with Crippen molar-refractivity contribution >= 4 is 11.9 Å². The Balaban J connectivity index is 2.98. The first kappa shape index (κ1) is 17.2. The average molecular weight is 293 g/mol. The smallest absolute Gasteiger partial charge is 0.338 e. The van der Waals surface area contributed by atoms with Crippen LogP contribution < -0.4 is 5.73 Å². The van der Waals surface area contributed by atoms with E-state index in [-0.39, 0.29) is 12.3 Å². The lowest BCUT2D eigenvalue weighted by molar-refractivity contribution is -0.138. The molecule has 0 aromatic heterocycles. The average Bonchev–Trinajstić information content (AvgIpc) is 2.36. The molecular formula is C16H23NO4. The zero-order chi connectivity index (χ0) is 16.2.